The van der Waals surface area contributed by atoms with Crippen molar-refractivity contribution in [1.82, 2.24) is 35.4 Å². The molecule has 1 aromatic carbocycles. The van der Waals surface area contributed by atoms with Gasteiger partial charge in [-0.1, -0.05) is 18.2 Å². The van der Waals surface area contributed by atoms with Crippen LogP contribution in [0.15, 0.2) is 36.4 Å². The van der Waals surface area contributed by atoms with Crippen LogP contribution < -0.4 is 5.32 Å². The number of carbonyl (C=O) groups is 2. The number of nitrogens with zero attached hydrogens (tertiary/aromatic N) is 6. The zero-order valence-electron chi connectivity index (χ0n) is 19.8. The molecule has 3 unspecified atom stereocenters. The summed E-state index contributed by atoms with van der Waals surface area (Å²) in [6, 6.07) is 5.95. The van der Waals surface area contributed by atoms with E-state index in [1.807, 2.05) is 0 Å². The SMILES string of the molecule is O=C(NC(c1ccc(F)cc1)c1ccc(C2CC2)c(F)n1)C1CC(F)CN1C(=O)Cn1nnnc1C(F)F. The summed E-state index contributed by atoms with van der Waals surface area (Å²) in [5.74, 6) is -3.55. The molecule has 1 saturated heterocycles. The molecule has 0 radical (unpaired) electrons. The standard InChI is InChI=1S/C24H22F5N7O2/c25-14-5-3-13(4-6-14)20(17-8-7-16(12-1-2-12)22(29)30-17)31-24(38)18-9-15(26)10-35(18)19(37)11-36-23(21(27)28)32-33-34-36/h3-8,12,15,18,20-21H,1-2,9-11H2,(H,31,38). The molecular weight excluding hydrogens is 513 g/mol. The van der Waals surface area contributed by atoms with Crippen molar-refractivity contribution in [3.8, 4) is 0 Å². The van der Waals surface area contributed by atoms with Crippen LogP contribution in [0, 0.1) is 11.8 Å². The topological polar surface area (TPSA) is 106 Å². The molecule has 1 aliphatic carbocycles. The number of halogens is 5. The third kappa shape index (κ3) is 5.34. The highest BCUT2D eigenvalue weighted by molar-refractivity contribution is 5.88. The molecule has 2 aromatic heterocycles. The van der Waals surface area contributed by atoms with Gasteiger partial charge in [0.15, 0.2) is 0 Å². The Hall–Kier alpha value is -3.97. The van der Waals surface area contributed by atoms with E-state index in [4.69, 9.17) is 0 Å². The highest BCUT2D eigenvalue weighted by atomic mass is 19.3. The van der Waals surface area contributed by atoms with Crippen LogP contribution in [0.2, 0.25) is 0 Å². The maximum Gasteiger partial charge on any atom is 0.298 e. The highest BCUT2D eigenvalue weighted by Gasteiger charge is 2.41. The molecule has 14 heteroatoms. The van der Waals surface area contributed by atoms with Crippen LogP contribution in [0.5, 0.6) is 0 Å². The van der Waals surface area contributed by atoms with Crippen molar-refractivity contribution in [3.63, 3.8) is 0 Å². The summed E-state index contributed by atoms with van der Waals surface area (Å²) in [7, 11) is 0. The molecule has 0 bridgehead atoms. The van der Waals surface area contributed by atoms with Crippen molar-refractivity contribution in [2.45, 2.75) is 56.4 Å². The van der Waals surface area contributed by atoms with Gasteiger partial charge in [-0.2, -0.15) is 4.39 Å². The van der Waals surface area contributed by atoms with E-state index in [2.05, 4.69) is 25.8 Å². The Balaban J connectivity index is 1.39. The lowest BCUT2D eigenvalue weighted by molar-refractivity contribution is -0.139. The summed E-state index contributed by atoms with van der Waals surface area (Å²) in [6.45, 7) is -1.16. The summed E-state index contributed by atoms with van der Waals surface area (Å²) in [5.41, 5.74) is 0.986. The van der Waals surface area contributed by atoms with Gasteiger partial charge in [0.05, 0.1) is 18.3 Å². The van der Waals surface area contributed by atoms with Crippen LogP contribution in [0.4, 0.5) is 22.0 Å². The van der Waals surface area contributed by atoms with E-state index in [0.29, 0.717) is 15.8 Å². The first-order valence-electron chi connectivity index (χ1n) is 11.9. The van der Waals surface area contributed by atoms with E-state index in [1.54, 1.807) is 12.1 Å². The summed E-state index contributed by atoms with van der Waals surface area (Å²) in [6.07, 6.45) is -3.21. The lowest BCUT2D eigenvalue weighted by atomic mass is 10.0. The van der Waals surface area contributed by atoms with E-state index < -0.39 is 67.2 Å². The van der Waals surface area contributed by atoms with Crippen molar-refractivity contribution in [2.75, 3.05) is 6.54 Å². The smallest absolute Gasteiger partial charge is 0.298 e. The molecular formula is C24H22F5N7O2. The van der Waals surface area contributed by atoms with Gasteiger partial charge in [0, 0.05) is 12.0 Å². The average molecular weight is 535 g/mol. The van der Waals surface area contributed by atoms with Crippen molar-refractivity contribution in [3.05, 3.63) is 70.8 Å². The average Bonchev–Trinajstić information content (AvgIpc) is 3.48. The fourth-order valence-corrected chi connectivity index (χ4v) is 4.55. The van der Waals surface area contributed by atoms with Crippen molar-refractivity contribution in [2.24, 2.45) is 0 Å². The first-order valence-corrected chi connectivity index (χ1v) is 11.9. The number of tetrazole rings is 1. The van der Waals surface area contributed by atoms with E-state index >= 15 is 0 Å². The van der Waals surface area contributed by atoms with Gasteiger partial charge in [-0.3, -0.25) is 9.59 Å². The lowest BCUT2D eigenvalue weighted by Crippen LogP contribution is -2.48. The minimum absolute atomic E-state index is 0.0979. The van der Waals surface area contributed by atoms with Crippen LogP contribution in [0.1, 0.15) is 60.3 Å². The molecule has 1 aliphatic heterocycles. The normalized spacial score (nSPS) is 20.1. The summed E-state index contributed by atoms with van der Waals surface area (Å²) < 4.78 is 69.5. The molecule has 9 nitrogen and oxygen atoms in total. The van der Waals surface area contributed by atoms with Crippen molar-refractivity contribution >= 4 is 11.8 Å². The Kier molecular flexibility index (Phi) is 7.04. The zero-order valence-corrected chi connectivity index (χ0v) is 19.8. The van der Waals surface area contributed by atoms with Crippen LogP contribution >= 0.6 is 0 Å². The summed E-state index contributed by atoms with van der Waals surface area (Å²) in [5, 5.41) is 12.3. The maximum absolute atomic E-state index is 14.8. The van der Waals surface area contributed by atoms with Gasteiger partial charge in [-0.15, -0.1) is 5.10 Å². The Morgan fingerprint density at radius 3 is 2.47 bits per heavy atom. The fourth-order valence-electron chi connectivity index (χ4n) is 4.55. The van der Waals surface area contributed by atoms with E-state index in [-0.39, 0.29) is 18.0 Å². The molecule has 1 saturated carbocycles. The Morgan fingerprint density at radius 1 is 1.08 bits per heavy atom. The summed E-state index contributed by atoms with van der Waals surface area (Å²) >= 11 is 0. The fraction of sp³-hybridized carbons (Fsp3) is 0.417. The van der Waals surface area contributed by atoms with Crippen LogP contribution in [-0.4, -0.2) is 60.7 Å². The van der Waals surface area contributed by atoms with Crippen molar-refractivity contribution in [1.29, 1.82) is 0 Å². The number of nitrogens with one attached hydrogen (secondary N) is 1. The van der Waals surface area contributed by atoms with Gasteiger partial charge in [-0.25, -0.2) is 27.2 Å². The molecule has 200 valence electrons. The molecule has 3 heterocycles. The Labute approximate surface area is 213 Å². The number of amides is 2. The molecule has 3 atom stereocenters. The largest absolute Gasteiger partial charge is 0.342 e. The molecule has 1 N–H and O–H groups in total. The zero-order chi connectivity index (χ0) is 27.0. The van der Waals surface area contributed by atoms with Gasteiger partial charge in [-0.05, 0) is 52.9 Å². The number of likely N-dealkylation sites (tertiary alicyclic amines) is 1. The highest BCUT2D eigenvalue weighted by Crippen LogP contribution is 2.41. The molecule has 2 fully saturated rings. The van der Waals surface area contributed by atoms with Crippen LogP contribution in [0.3, 0.4) is 0 Å². The minimum atomic E-state index is -3.04. The maximum atomic E-state index is 14.8. The van der Waals surface area contributed by atoms with Gasteiger partial charge in [0.2, 0.25) is 23.6 Å². The number of rotatable bonds is 8. The van der Waals surface area contributed by atoms with E-state index in [9.17, 15) is 31.5 Å². The number of pyridine rings is 1. The van der Waals surface area contributed by atoms with Gasteiger partial charge in [0.25, 0.3) is 6.43 Å². The first kappa shape index (κ1) is 25.7. The molecule has 2 aliphatic rings. The lowest BCUT2D eigenvalue weighted by Gasteiger charge is -2.26. The van der Waals surface area contributed by atoms with Crippen molar-refractivity contribution < 1.29 is 31.5 Å². The Bertz CT molecular complexity index is 1330. The quantitative estimate of drug-likeness (QED) is 0.351. The number of alkyl halides is 3. The van der Waals surface area contributed by atoms with E-state index in [0.717, 1.165) is 17.7 Å². The van der Waals surface area contributed by atoms with Gasteiger partial charge in [0.1, 0.15) is 24.6 Å². The predicted octanol–water partition coefficient (Wildman–Crippen LogP) is 3.01. The third-order valence-electron chi connectivity index (χ3n) is 6.61. The molecule has 2 amide bonds. The number of benzene rings is 1. The second-order valence-electron chi connectivity index (χ2n) is 9.27. The number of hydrogen-bond acceptors (Lipinski definition) is 6. The second-order valence-corrected chi connectivity index (χ2v) is 9.27. The first-order chi connectivity index (χ1) is 18.2. The second kappa shape index (κ2) is 10.4. The number of aromatic nitrogens is 5. The summed E-state index contributed by atoms with van der Waals surface area (Å²) in [4.78, 5) is 31.2. The molecule has 3 aromatic rings. The number of carbonyl (C=O) groups excluding carboxylic acids is 2. The Morgan fingerprint density at radius 2 is 1.82 bits per heavy atom. The minimum Gasteiger partial charge on any atom is -0.342 e. The number of hydrogen-bond donors (Lipinski definition) is 1. The van der Waals surface area contributed by atoms with Gasteiger partial charge >= 0.3 is 0 Å². The molecule has 0 spiro atoms. The molecule has 38 heavy (non-hydrogen) atoms. The monoisotopic (exact) mass is 535 g/mol. The van der Waals surface area contributed by atoms with Crippen LogP contribution in [0.25, 0.3) is 0 Å². The van der Waals surface area contributed by atoms with Crippen LogP contribution in [-0.2, 0) is 16.1 Å². The predicted molar refractivity (Wildman–Crippen MR) is 120 cm³/mol. The van der Waals surface area contributed by atoms with E-state index in [1.165, 1.54) is 24.3 Å². The van der Waals surface area contributed by atoms with Gasteiger partial charge < -0.3 is 10.2 Å². The third-order valence-corrected chi connectivity index (χ3v) is 6.61. The molecule has 5 rings (SSSR count).